The molecule has 1 N–H and O–H groups in total. The van der Waals surface area contributed by atoms with Gasteiger partial charge in [-0.25, -0.2) is 0 Å². The maximum Gasteiger partial charge on any atom is 0.303 e. The minimum atomic E-state index is -2.80. The predicted octanol–water partition coefficient (Wildman–Crippen LogP) is 2.43. The maximum atomic E-state index is 10.5. The average molecular weight is 148 g/mol. The maximum absolute atomic E-state index is 10.5. The summed E-state index contributed by atoms with van der Waals surface area (Å²) in [4.78, 5) is 10.5. The minimum absolute atomic E-state index is 0.0554. The van der Waals surface area contributed by atoms with E-state index in [1.807, 2.05) is 6.92 Å². The number of carboxylic acid groups (broad SMARTS) is 1. The van der Waals surface area contributed by atoms with Gasteiger partial charge < -0.3 is 5.11 Å². The smallest absolute Gasteiger partial charge is 0.303 e. The van der Waals surface area contributed by atoms with E-state index in [1.54, 1.807) is 0 Å². The summed E-state index contributed by atoms with van der Waals surface area (Å²) < 4.78 is 28.9. The van der Waals surface area contributed by atoms with Crippen LogP contribution in [0.2, 0.25) is 0 Å². The first kappa shape index (κ1) is 4.37. The van der Waals surface area contributed by atoms with Gasteiger partial charge in [0.15, 0.2) is 0 Å². The van der Waals surface area contributed by atoms with Gasteiger partial charge in [0.05, 0.1) is 0 Å². The normalized spacial score (nSPS) is 18.5. The predicted molar refractivity (Wildman–Crippen MR) is 41.0 cm³/mol. The second-order valence-electron chi connectivity index (χ2n) is 2.06. The van der Waals surface area contributed by atoms with E-state index < -0.39 is 18.7 Å². The number of carbonyl (C=O) groups is 1. The van der Waals surface area contributed by atoms with Gasteiger partial charge in [-0.05, 0) is 6.37 Å². The number of rotatable bonds is 6. The van der Waals surface area contributed by atoms with Gasteiger partial charge in [-0.2, -0.15) is 0 Å². The molecule has 0 aromatic heterocycles. The molecule has 0 saturated heterocycles. The number of hydrogen-bond donors (Lipinski definition) is 1. The van der Waals surface area contributed by atoms with Crippen LogP contribution in [0, 0.1) is 0 Å². The number of carboxylic acids is 1. The molecular weight excluding hydrogens is 128 g/mol. The highest BCUT2D eigenvalue weighted by Crippen LogP contribution is 2.04. The van der Waals surface area contributed by atoms with Crippen molar-refractivity contribution in [2.45, 2.75) is 45.4 Å². The lowest BCUT2D eigenvalue weighted by Gasteiger charge is -1.95. The Morgan fingerprint density at radius 1 is 1.50 bits per heavy atom. The molecular formula is C8H16O2. The van der Waals surface area contributed by atoms with Crippen molar-refractivity contribution >= 4 is 5.97 Å². The molecule has 10 heavy (non-hydrogen) atoms. The second-order valence-corrected chi connectivity index (χ2v) is 2.06. The summed E-state index contributed by atoms with van der Waals surface area (Å²) in [5.41, 5.74) is 0. The summed E-state index contributed by atoms with van der Waals surface area (Å²) in [5.74, 6) is -1.74. The Morgan fingerprint density at radius 2 is 2.20 bits per heavy atom. The Hall–Kier alpha value is -0.530. The molecule has 0 aliphatic carbocycles. The number of unbranched alkanes of at least 4 members (excludes halogenated alkanes) is 2. The van der Waals surface area contributed by atoms with Crippen LogP contribution in [0.25, 0.3) is 0 Å². The number of aliphatic carboxylic acids is 1. The molecule has 60 valence electrons. The molecule has 0 spiro atoms. The van der Waals surface area contributed by atoms with Crippen molar-refractivity contribution in [3.63, 3.8) is 0 Å². The van der Waals surface area contributed by atoms with Crippen molar-refractivity contribution in [1.29, 1.82) is 0 Å². The van der Waals surface area contributed by atoms with Crippen LogP contribution in [-0.4, -0.2) is 11.1 Å². The fourth-order valence-electron chi connectivity index (χ4n) is 0.602. The van der Waals surface area contributed by atoms with Crippen LogP contribution in [0.3, 0.4) is 0 Å². The Kier molecular flexibility index (Phi) is 2.88. The quantitative estimate of drug-likeness (QED) is 0.587. The van der Waals surface area contributed by atoms with Crippen molar-refractivity contribution in [2.24, 2.45) is 0 Å². The Bertz CT molecular complexity index is 204. The standard InChI is InChI=1S/C8H16O2/c1-2-3-4-5-6-7-8(9)10/h2-7H2,1H3,(H,9,10)/i6D2,7D2. The Morgan fingerprint density at radius 3 is 2.70 bits per heavy atom. The van der Waals surface area contributed by atoms with E-state index in [4.69, 9.17) is 10.6 Å². The van der Waals surface area contributed by atoms with Crippen LogP contribution in [0.4, 0.5) is 0 Å². The third kappa shape index (κ3) is 7.47. The fraction of sp³-hybridized carbons (Fsp3) is 0.875. The van der Waals surface area contributed by atoms with E-state index in [2.05, 4.69) is 0 Å². The van der Waals surface area contributed by atoms with Gasteiger partial charge >= 0.3 is 5.97 Å². The van der Waals surface area contributed by atoms with Gasteiger partial charge in [-0.3, -0.25) is 4.79 Å². The molecule has 0 unspecified atom stereocenters. The van der Waals surface area contributed by atoms with Crippen LogP contribution < -0.4 is 0 Å². The topological polar surface area (TPSA) is 37.3 Å². The SMILES string of the molecule is [2H]C([2H])(CCCCC)C([2H])([2H])C(=O)O. The second kappa shape index (κ2) is 6.59. The molecule has 0 heterocycles. The fourth-order valence-corrected chi connectivity index (χ4v) is 0.602. The molecule has 0 radical (unpaired) electrons. The highest BCUT2D eigenvalue weighted by Gasteiger charge is 1.94. The zero-order valence-electron chi connectivity index (χ0n) is 10.2. The van der Waals surface area contributed by atoms with Crippen molar-refractivity contribution in [3.8, 4) is 0 Å². The summed E-state index contributed by atoms with van der Waals surface area (Å²) in [6.45, 7) is 1.95. The minimum Gasteiger partial charge on any atom is -0.481 e. The first-order valence-corrected chi connectivity index (χ1v) is 3.49. The van der Waals surface area contributed by atoms with Crippen molar-refractivity contribution in [1.82, 2.24) is 0 Å². The summed E-state index contributed by atoms with van der Waals surface area (Å²) in [6, 6.07) is 0. The third-order valence-corrected chi connectivity index (χ3v) is 1.10. The summed E-state index contributed by atoms with van der Waals surface area (Å²) >= 11 is 0. The largest absolute Gasteiger partial charge is 0.481 e. The molecule has 0 aliphatic heterocycles. The molecule has 0 atom stereocenters. The van der Waals surface area contributed by atoms with Crippen molar-refractivity contribution in [3.05, 3.63) is 0 Å². The summed E-state index contributed by atoms with van der Waals surface area (Å²) in [7, 11) is 0. The lowest BCUT2D eigenvalue weighted by atomic mass is 10.1. The first-order chi connectivity index (χ1) is 6.25. The lowest BCUT2D eigenvalue weighted by molar-refractivity contribution is -0.137. The third-order valence-electron chi connectivity index (χ3n) is 1.10. The molecule has 0 aliphatic rings. The van der Waals surface area contributed by atoms with E-state index >= 15 is 0 Å². The van der Waals surface area contributed by atoms with E-state index in [9.17, 15) is 4.79 Å². The van der Waals surface area contributed by atoms with Crippen LogP contribution in [-0.2, 0) is 4.79 Å². The molecule has 0 fully saturated rings. The van der Waals surface area contributed by atoms with Crippen LogP contribution in [0.1, 0.15) is 50.8 Å². The molecule has 0 aromatic carbocycles. The molecule has 0 bridgehead atoms. The van der Waals surface area contributed by atoms with Crippen molar-refractivity contribution < 1.29 is 15.4 Å². The van der Waals surface area contributed by atoms with Gasteiger partial charge in [-0.15, -0.1) is 0 Å². The van der Waals surface area contributed by atoms with Gasteiger partial charge in [0.2, 0.25) is 0 Å². The lowest BCUT2D eigenvalue weighted by Crippen LogP contribution is -1.93. The summed E-state index contributed by atoms with van der Waals surface area (Å²) in [5, 5.41) is 8.52. The molecule has 0 rings (SSSR count). The highest BCUT2D eigenvalue weighted by molar-refractivity contribution is 5.66. The first-order valence-electron chi connectivity index (χ1n) is 5.49. The van der Waals surface area contributed by atoms with E-state index in [-0.39, 0.29) is 6.42 Å². The van der Waals surface area contributed by atoms with E-state index in [0.29, 0.717) is 6.42 Å². The van der Waals surface area contributed by atoms with E-state index in [0.717, 1.165) is 12.8 Å². The molecule has 0 saturated carbocycles. The Labute approximate surface area is 67.9 Å². The van der Waals surface area contributed by atoms with E-state index in [1.165, 1.54) is 0 Å². The molecule has 0 amide bonds. The zero-order chi connectivity index (χ0) is 11.4. The monoisotopic (exact) mass is 148 g/mol. The van der Waals surface area contributed by atoms with Gasteiger partial charge in [-0.1, -0.05) is 32.6 Å². The van der Waals surface area contributed by atoms with Gasteiger partial charge in [0.1, 0.15) is 0 Å². The molecule has 0 aromatic rings. The van der Waals surface area contributed by atoms with Crippen LogP contribution in [0.5, 0.6) is 0 Å². The van der Waals surface area contributed by atoms with Gasteiger partial charge in [0, 0.05) is 11.9 Å². The number of hydrogen-bond acceptors (Lipinski definition) is 1. The summed E-state index contributed by atoms with van der Waals surface area (Å²) in [6.07, 6.45) is -2.97. The van der Waals surface area contributed by atoms with Gasteiger partial charge in [0.25, 0.3) is 0 Å². The van der Waals surface area contributed by atoms with Crippen LogP contribution in [0.15, 0.2) is 0 Å². The van der Waals surface area contributed by atoms with Crippen molar-refractivity contribution in [2.75, 3.05) is 0 Å². The highest BCUT2D eigenvalue weighted by atomic mass is 16.4. The zero-order valence-corrected chi connectivity index (χ0v) is 6.18. The molecule has 2 heteroatoms. The van der Waals surface area contributed by atoms with Crippen LogP contribution >= 0.6 is 0 Å². The molecule has 2 nitrogen and oxygen atoms in total. The average Bonchev–Trinajstić information content (AvgIpc) is 2.04. The Balaban J connectivity index is 4.36.